The van der Waals surface area contributed by atoms with Gasteiger partial charge in [-0.25, -0.2) is 14.6 Å². The quantitative estimate of drug-likeness (QED) is 0.446. The van der Waals surface area contributed by atoms with Crippen molar-refractivity contribution in [1.29, 1.82) is 0 Å². The lowest BCUT2D eigenvalue weighted by Crippen LogP contribution is -2.53. The van der Waals surface area contributed by atoms with E-state index in [-0.39, 0.29) is 18.0 Å². The van der Waals surface area contributed by atoms with E-state index in [0.29, 0.717) is 26.2 Å². The first-order valence-electron chi connectivity index (χ1n) is 12.6. The van der Waals surface area contributed by atoms with Crippen LogP contribution in [0.2, 0.25) is 0 Å². The Labute approximate surface area is 214 Å². The lowest BCUT2D eigenvalue weighted by molar-refractivity contribution is -0.145. The van der Waals surface area contributed by atoms with Crippen LogP contribution in [0.5, 0.6) is 5.75 Å². The van der Waals surface area contributed by atoms with Gasteiger partial charge in [0.15, 0.2) is 5.82 Å². The lowest BCUT2D eigenvalue weighted by atomic mass is 10.1. The van der Waals surface area contributed by atoms with E-state index < -0.39 is 6.10 Å². The molecule has 1 saturated heterocycles. The Morgan fingerprint density at radius 2 is 1.92 bits per heavy atom. The maximum Gasteiger partial charge on any atom is 0.251 e. The summed E-state index contributed by atoms with van der Waals surface area (Å²) >= 11 is 0. The lowest BCUT2D eigenvalue weighted by Gasteiger charge is -2.39. The van der Waals surface area contributed by atoms with Gasteiger partial charge in [0.05, 0.1) is 24.3 Å². The molecule has 2 aliphatic rings. The summed E-state index contributed by atoms with van der Waals surface area (Å²) in [5, 5.41) is 18.6. The van der Waals surface area contributed by atoms with E-state index in [1.807, 2.05) is 47.0 Å². The molecule has 11 heteroatoms. The molecule has 11 nitrogen and oxygen atoms in total. The molecule has 192 valence electrons. The molecule has 6 rings (SSSR count). The topological polar surface area (TPSA) is 116 Å². The van der Waals surface area contributed by atoms with Gasteiger partial charge in [0, 0.05) is 37.1 Å². The molecule has 0 aliphatic carbocycles. The van der Waals surface area contributed by atoms with Crippen molar-refractivity contribution in [2.45, 2.75) is 52.4 Å². The average molecular weight is 503 g/mol. The van der Waals surface area contributed by atoms with Gasteiger partial charge in [-0.05, 0) is 45.4 Å². The van der Waals surface area contributed by atoms with Crippen molar-refractivity contribution in [3.05, 3.63) is 42.6 Å². The Bertz CT molecular complexity index is 1470. The predicted molar refractivity (Wildman–Crippen MR) is 136 cm³/mol. The van der Waals surface area contributed by atoms with Gasteiger partial charge < -0.3 is 19.3 Å². The van der Waals surface area contributed by atoms with Crippen LogP contribution in [0.25, 0.3) is 34.0 Å². The van der Waals surface area contributed by atoms with Gasteiger partial charge in [0.2, 0.25) is 0 Å². The third-order valence-electron chi connectivity index (χ3n) is 6.88. The molecule has 0 unspecified atom stereocenters. The number of aryl methyl sites for hydroxylation is 1. The minimum Gasteiger partial charge on any atom is -0.491 e. The summed E-state index contributed by atoms with van der Waals surface area (Å²) in [4.78, 5) is 23.2. The third-order valence-corrected chi connectivity index (χ3v) is 6.88. The Hall–Kier alpha value is -3.99. The smallest absolute Gasteiger partial charge is 0.251 e. The van der Waals surface area contributed by atoms with Crippen LogP contribution < -0.4 is 4.74 Å². The van der Waals surface area contributed by atoms with Crippen molar-refractivity contribution >= 4 is 5.91 Å². The molecule has 3 aromatic heterocycles. The number of nitrogens with zero attached hydrogens (tertiary/aromatic N) is 8. The number of aromatic nitrogens is 7. The summed E-state index contributed by atoms with van der Waals surface area (Å²) in [7, 11) is 0. The predicted octanol–water partition coefficient (Wildman–Crippen LogP) is 2.72. The molecular formula is C26H30N8O3. The first-order chi connectivity index (χ1) is 17.8. The number of likely N-dealkylation sites (tertiary alicyclic amines) is 1. The van der Waals surface area contributed by atoms with Crippen LogP contribution in [-0.4, -0.2) is 75.8 Å². The molecular weight excluding hydrogens is 472 g/mol. The standard InChI is InChI=1S/C26H30N8O3/c1-15(2)34-25(28-17(4)30-34)22-14-31-7-8-37-23-9-18(5-6-21(23)24(31)29-22)19-10-27-33(11-19)20-12-32(13-20)26(36)16(3)35/h5-6,9-11,14-16,20,35H,7-8,12-13H2,1-4H3/t16-/m0/s1. The monoisotopic (exact) mass is 502 g/mol. The fourth-order valence-corrected chi connectivity index (χ4v) is 4.89. The van der Waals surface area contributed by atoms with Gasteiger partial charge in [0.1, 0.15) is 35.8 Å². The molecule has 1 N–H and O–H groups in total. The van der Waals surface area contributed by atoms with Crippen LogP contribution in [0.15, 0.2) is 36.8 Å². The van der Waals surface area contributed by atoms with E-state index in [9.17, 15) is 9.90 Å². The Morgan fingerprint density at radius 3 is 2.68 bits per heavy atom. The normalized spacial score (nSPS) is 16.1. The number of carbonyl (C=O) groups excluding carboxylic acids is 1. The summed E-state index contributed by atoms with van der Waals surface area (Å²) in [5.74, 6) is 2.87. The number of hydrogen-bond acceptors (Lipinski definition) is 7. The van der Waals surface area contributed by atoms with Gasteiger partial charge in [-0.15, -0.1) is 0 Å². The van der Waals surface area contributed by atoms with Crippen LogP contribution in [0.4, 0.5) is 0 Å². The van der Waals surface area contributed by atoms with E-state index in [1.54, 1.807) is 4.90 Å². The van der Waals surface area contributed by atoms with Crippen LogP contribution in [0.1, 0.15) is 38.7 Å². The number of ether oxygens (including phenoxy) is 1. The van der Waals surface area contributed by atoms with E-state index in [0.717, 1.165) is 45.6 Å². The van der Waals surface area contributed by atoms with Gasteiger partial charge in [-0.3, -0.25) is 9.48 Å². The zero-order valence-electron chi connectivity index (χ0n) is 21.4. The summed E-state index contributed by atoms with van der Waals surface area (Å²) in [6, 6.07) is 6.42. The second kappa shape index (κ2) is 8.84. The zero-order valence-corrected chi connectivity index (χ0v) is 21.4. The first-order valence-corrected chi connectivity index (χ1v) is 12.6. The van der Waals surface area contributed by atoms with Crippen molar-refractivity contribution in [2.75, 3.05) is 19.7 Å². The van der Waals surface area contributed by atoms with Crippen LogP contribution >= 0.6 is 0 Å². The highest BCUT2D eigenvalue weighted by molar-refractivity contribution is 5.81. The molecule has 1 atom stereocenters. The number of imidazole rings is 1. The molecule has 1 fully saturated rings. The largest absolute Gasteiger partial charge is 0.491 e. The maximum atomic E-state index is 11.9. The molecule has 0 spiro atoms. The number of fused-ring (bicyclic) bond motifs is 3. The maximum absolute atomic E-state index is 11.9. The van der Waals surface area contributed by atoms with Gasteiger partial charge in [-0.1, -0.05) is 6.07 Å². The first kappa shape index (κ1) is 23.4. The van der Waals surface area contributed by atoms with Crippen molar-refractivity contribution in [3.8, 4) is 39.8 Å². The number of amides is 1. The molecule has 1 aromatic carbocycles. The molecule has 37 heavy (non-hydrogen) atoms. The van der Waals surface area contributed by atoms with Crippen molar-refractivity contribution in [3.63, 3.8) is 0 Å². The van der Waals surface area contributed by atoms with Crippen LogP contribution in [0, 0.1) is 6.92 Å². The highest BCUT2D eigenvalue weighted by Crippen LogP contribution is 2.37. The summed E-state index contributed by atoms with van der Waals surface area (Å²) < 4.78 is 12.0. The number of aliphatic hydroxyl groups is 1. The number of carbonyl (C=O) groups is 1. The van der Waals surface area contributed by atoms with Gasteiger partial charge in [0.25, 0.3) is 5.91 Å². The molecule has 0 saturated carbocycles. The van der Waals surface area contributed by atoms with Gasteiger partial charge in [-0.2, -0.15) is 10.2 Å². The Morgan fingerprint density at radius 1 is 1.11 bits per heavy atom. The Balaban J connectivity index is 1.27. The molecule has 0 radical (unpaired) electrons. The minimum absolute atomic E-state index is 0.107. The second-order valence-electron chi connectivity index (χ2n) is 10.0. The number of aliphatic hydroxyl groups excluding tert-OH is 1. The van der Waals surface area contributed by atoms with Crippen LogP contribution in [0.3, 0.4) is 0 Å². The molecule has 4 aromatic rings. The SMILES string of the molecule is Cc1nc(-c2cn3c(n2)-c2ccc(-c4cnn(C5CN(C(=O)[C@H](C)O)C5)c4)cc2OCC3)n(C(C)C)n1. The summed E-state index contributed by atoms with van der Waals surface area (Å²) in [5.41, 5.74) is 3.70. The van der Waals surface area contributed by atoms with Crippen LogP contribution in [-0.2, 0) is 11.3 Å². The van der Waals surface area contributed by atoms with Crippen molar-refractivity contribution in [2.24, 2.45) is 0 Å². The average Bonchev–Trinajstić information content (AvgIpc) is 3.55. The Kier molecular flexibility index (Phi) is 5.59. The number of benzene rings is 1. The van der Waals surface area contributed by atoms with Crippen molar-refractivity contribution in [1.82, 2.24) is 39.0 Å². The zero-order chi connectivity index (χ0) is 25.8. The summed E-state index contributed by atoms with van der Waals surface area (Å²) in [6.07, 6.45) is 4.88. The summed E-state index contributed by atoms with van der Waals surface area (Å²) in [6.45, 7) is 9.87. The van der Waals surface area contributed by atoms with E-state index >= 15 is 0 Å². The van der Waals surface area contributed by atoms with E-state index in [4.69, 9.17) is 9.72 Å². The minimum atomic E-state index is -0.974. The number of rotatable bonds is 5. The second-order valence-corrected chi connectivity index (χ2v) is 10.0. The molecule has 0 bridgehead atoms. The highest BCUT2D eigenvalue weighted by atomic mass is 16.5. The van der Waals surface area contributed by atoms with Gasteiger partial charge >= 0.3 is 0 Å². The molecule has 1 amide bonds. The fourth-order valence-electron chi connectivity index (χ4n) is 4.89. The fraction of sp³-hybridized carbons (Fsp3) is 0.423. The van der Waals surface area contributed by atoms with E-state index in [1.165, 1.54) is 6.92 Å². The molecule has 2 aliphatic heterocycles. The third kappa shape index (κ3) is 4.08. The number of hydrogen-bond donors (Lipinski definition) is 1. The van der Waals surface area contributed by atoms with Crippen molar-refractivity contribution < 1.29 is 14.6 Å². The van der Waals surface area contributed by atoms with E-state index in [2.05, 4.69) is 39.7 Å². The molecule has 5 heterocycles. The highest BCUT2D eigenvalue weighted by Gasteiger charge is 2.34.